The normalized spacial score (nSPS) is 16.2. The number of halogens is 1. The van der Waals surface area contributed by atoms with Crippen LogP contribution in [-0.4, -0.2) is 53.0 Å². The van der Waals surface area contributed by atoms with Gasteiger partial charge in [-0.25, -0.2) is 4.99 Å². The largest absolute Gasteiger partial charge is 0.493 e. The molecule has 2 aromatic carbocycles. The molecule has 1 aliphatic heterocycles. The third-order valence-corrected chi connectivity index (χ3v) is 5.43. The number of ether oxygens (including phenoxy) is 3. The van der Waals surface area contributed by atoms with Crippen molar-refractivity contribution in [3.63, 3.8) is 0 Å². The van der Waals surface area contributed by atoms with Crippen molar-refractivity contribution in [2.24, 2.45) is 4.99 Å². The van der Waals surface area contributed by atoms with E-state index in [-0.39, 0.29) is 0 Å². The maximum Gasteiger partial charge on any atom is 0.203 e. The molecule has 31 heavy (non-hydrogen) atoms. The van der Waals surface area contributed by atoms with Crippen molar-refractivity contribution < 1.29 is 14.2 Å². The van der Waals surface area contributed by atoms with Crippen LogP contribution in [0.25, 0.3) is 0 Å². The van der Waals surface area contributed by atoms with Gasteiger partial charge >= 0.3 is 0 Å². The van der Waals surface area contributed by atoms with E-state index in [4.69, 9.17) is 30.8 Å². The number of rotatable bonds is 8. The lowest BCUT2D eigenvalue weighted by Gasteiger charge is -2.20. The number of aliphatic imine (C=N–C) groups is 1. The summed E-state index contributed by atoms with van der Waals surface area (Å²) in [4.78, 5) is 7.11. The Bertz CT molecular complexity index is 881. The number of hydrogen-bond acceptors (Lipinski definition) is 5. The van der Waals surface area contributed by atoms with Gasteiger partial charge in [0.05, 0.1) is 27.9 Å². The van der Waals surface area contributed by atoms with Crippen molar-refractivity contribution in [1.29, 1.82) is 0 Å². The first kappa shape index (κ1) is 22.9. The number of nitrogens with zero attached hydrogens (tertiary/aromatic N) is 2. The highest BCUT2D eigenvalue weighted by atomic mass is 35.5. The van der Waals surface area contributed by atoms with Gasteiger partial charge in [0, 0.05) is 36.4 Å². The predicted molar refractivity (Wildman–Crippen MR) is 126 cm³/mol. The summed E-state index contributed by atoms with van der Waals surface area (Å²) in [6.45, 7) is 5.20. The van der Waals surface area contributed by atoms with Crippen molar-refractivity contribution in [2.45, 2.75) is 25.9 Å². The van der Waals surface area contributed by atoms with Gasteiger partial charge in [-0.2, -0.15) is 0 Å². The molecule has 168 valence electrons. The van der Waals surface area contributed by atoms with Crippen LogP contribution in [0.5, 0.6) is 17.2 Å². The molecule has 1 heterocycles. The molecule has 0 aromatic heterocycles. The van der Waals surface area contributed by atoms with E-state index < -0.39 is 0 Å². The van der Waals surface area contributed by atoms with Crippen molar-refractivity contribution in [1.82, 2.24) is 10.6 Å². The maximum atomic E-state index is 6.15. The van der Waals surface area contributed by atoms with E-state index in [1.54, 1.807) is 21.3 Å². The first-order chi connectivity index (χ1) is 15.1. The van der Waals surface area contributed by atoms with Crippen LogP contribution < -0.4 is 29.7 Å². The summed E-state index contributed by atoms with van der Waals surface area (Å²) in [6, 6.07) is 12.1. The second-order valence-electron chi connectivity index (χ2n) is 7.28. The Kier molecular flexibility index (Phi) is 8.12. The third-order valence-electron chi connectivity index (χ3n) is 5.19. The molecule has 0 saturated carbocycles. The molecule has 1 atom stereocenters. The van der Waals surface area contributed by atoms with E-state index in [1.807, 2.05) is 30.3 Å². The number of nitrogens with one attached hydrogen (secondary N) is 2. The minimum atomic E-state index is 0.303. The zero-order chi connectivity index (χ0) is 22.2. The fourth-order valence-corrected chi connectivity index (χ4v) is 3.88. The Balaban J connectivity index is 1.68. The van der Waals surface area contributed by atoms with Crippen LogP contribution in [0.15, 0.2) is 41.4 Å². The molecule has 2 aromatic rings. The molecular formula is C23H31ClN4O3. The Labute approximate surface area is 189 Å². The first-order valence-electron chi connectivity index (χ1n) is 10.4. The molecule has 0 bridgehead atoms. The van der Waals surface area contributed by atoms with Crippen molar-refractivity contribution >= 4 is 23.2 Å². The lowest BCUT2D eigenvalue weighted by molar-refractivity contribution is 0.324. The second-order valence-corrected chi connectivity index (χ2v) is 7.72. The van der Waals surface area contributed by atoms with Crippen LogP contribution in [0.4, 0.5) is 5.69 Å². The average molecular weight is 447 g/mol. The monoisotopic (exact) mass is 446 g/mol. The highest BCUT2D eigenvalue weighted by Crippen LogP contribution is 2.38. The molecule has 1 unspecified atom stereocenters. The fraction of sp³-hybridized carbons (Fsp3) is 0.435. The number of guanidine groups is 1. The van der Waals surface area contributed by atoms with Gasteiger partial charge in [0.2, 0.25) is 5.75 Å². The van der Waals surface area contributed by atoms with Crippen LogP contribution >= 0.6 is 11.6 Å². The molecule has 1 saturated heterocycles. The standard InChI is InChI=1S/C23H31ClN4O3/c1-5-25-23(26-14-16-11-20(29-2)22(31-4)21(12-16)30-3)27-18-9-10-28(15-18)19-8-6-7-17(24)13-19/h6-8,11-13,18H,5,9-10,14-15H2,1-4H3,(H2,25,26,27). The Hall–Kier alpha value is -2.80. The molecule has 0 spiro atoms. The van der Waals surface area contributed by atoms with Crippen LogP contribution in [0, 0.1) is 0 Å². The summed E-state index contributed by atoms with van der Waals surface area (Å²) < 4.78 is 16.3. The maximum absolute atomic E-state index is 6.15. The molecule has 0 aliphatic carbocycles. The van der Waals surface area contributed by atoms with Crippen LogP contribution in [0.1, 0.15) is 18.9 Å². The summed E-state index contributed by atoms with van der Waals surface area (Å²) >= 11 is 6.15. The third kappa shape index (κ3) is 5.88. The Morgan fingerprint density at radius 3 is 2.48 bits per heavy atom. The van der Waals surface area contributed by atoms with Crippen molar-refractivity contribution in [3.05, 3.63) is 47.0 Å². The predicted octanol–water partition coefficient (Wildman–Crippen LogP) is 3.70. The van der Waals surface area contributed by atoms with E-state index in [0.717, 1.165) is 48.3 Å². The van der Waals surface area contributed by atoms with E-state index in [9.17, 15) is 0 Å². The topological polar surface area (TPSA) is 67.4 Å². The van der Waals surface area contributed by atoms with Crippen molar-refractivity contribution in [3.8, 4) is 17.2 Å². The second kappa shape index (κ2) is 11.0. The van der Waals surface area contributed by atoms with Gasteiger partial charge in [-0.1, -0.05) is 17.7 Å². The number of methoxy groups -OCH3 is 3. The van der Waals surface area contributed by atoms with Crippen LogP contribution in [0.3, 0.4) is 0 Å². The lowest BCUT2D eigenvalue weighted by atomic mass is 10.2. The fourth-order valence-electron chi connectivity index (χ4n) is 3.70. The highest BCUT2D eigenvalue weighted by molar-refractivity contribution is 6.30. The first-order valence-corrected chi connectivity index (χ1v) is 10.8. The SMILES string of the molecule is CCNC(=NCc1cc(OC)c(OC)c(OC)c1)NC1CCN(c2cccc(Cl)c2)C1. The minimum Gasteiger partial charge on any atom is -0.493 e. The number of hydrogen-bond donors (Lipinski definition) is 2. The summed E-state index contributed by atoms with van der Waals surface area (Å²) in [6.07, 6.45) is 1.03. The molecule has 8 heteroatoms. The lowest BCUT2D eigenvalue weighted by Crippen LogP contribution is -2.44. The Morgan fingerprint density at radius 2 is 1.87 bits per heavy atom. The zero-order valence-electron chi connectivity index (χ0n) is 18.6. The van der Waals surface area contributed by atoms with Gasteiger partial charge in [-0.3, -0.25) is 0 Å². The smallest absolute Gasteiger partial charge is 0.203 e. The minimum absolute atomic E-state index is 0.303. The van der Waals surface area contributed by atoms with E-state index in [2.05, 4.69) is 28.5 Å². The molecule has 1 fully saturated rings. The number of benzene rings is 2. The van der Waals surface area contributed by atoms with E-state index >= 15 is 0 Å². The number of anilines is 1. The van der Waals surface area contributed by atoms with Crippen molar-refractivity contribution in [2.75, 3.05) is 45.9 Å². The summed E-state index contributed by atoms with van der Waals surface area (Å²) in [5.74, 6) is 2.61. The van der Waals surface area contributed by atoms with E-state index in [1.165, 1.54) is 0 Å². The molecule has 0 amide bonds. The quantitative estimate of drug-likeness (QED) is 0.476. The Morgan fingerprint density at radius 1 is 1.13 bits per heavy atom. The zero-order valence-corrected chi connectivity index (χ0v) is 19.3. The highest BCUT2D eigenvalue weighted by Gasteiger charge is 2.23. The van der Waals surface area contributed by atoms with Gasteiger partial charge < -0.3 is 29.7 Å². The van der Waals surface area contributed by atoms with Crippen LogP contribution in [0.2, 0.25) is 5.02 Å². The average Bonchev–Trinajstić information content (AvgIpc) is 3.25. The summed E-state index contributed by atoms with van der Waals surface area (Å²) in [5, 5.41) is 7.65. The molecule has 0 radical (unpaired) electrons. The summed E-state index contributed by atoms with van der Waals surface area (Å²) in [5.41, 5.74) is 2.12. The molecular weight excluding hydrogens is 416 g/mol. The van der Waals surface area contributed by atoms with Gasteiger partial charge in [0.15, 0.2) is 17.5 Å². The van der Waals surface area contributed by atoms with Gasteiger partial charge in [0.1, 0.15) is 0 Å². The molecule has 7 nitrogen and oxygen atoms in total. The molecule has 1 aliphatic rings. The van der Waals surface area contributed by atoms with Crippen LogP contribution in [-0.2, 0) is 6.54 Å². The van der Waals surface area contributed by atoms with Gasteiger partial charge in [0.25, 0.3) is 0 Å². The molecule has 3 rings (SSSR count). The van der Waals surface area contributed by atoms with E-state index in [0.29, 0.717) is 29.8 Å². The molecule has 2 N–H and O–H groups in total. The summed E-state index contributed by atoms with van der Waals surface area (Å²) in [7, 11) is 4.82. The van der Waals surface area contributed by atoms with Gasteiger partial charge in [-0.05, 0) is 49.2 Å². The van der Waals surface area contributed by atoms with Gasteiger partial charge in [-0.15, -0.1) is 0 Å².